The van der Waals surface area contributed by atoms with Crippen molar-refractivity contribution in [2.45, 2.75) is 195 Å². The fourth-order valence-corrected chi connectivity index (χ4v) is 16.4. The highest BCUT2D eigenvalue weighted by Gasteiger charge is 2.34. The number of aliphatic hydroxyl groups excluding tert-OH is 8. The first-order chi connectivity index (χ1) is 65.7. The third-order valence-electron chi connectivity index (χ3n) is 23.8. The number of aliphatic hydroxyl groups is 8. The summed E-state index contributed by atoms with van der Waals surface area (Å²) in [6.07, 6.45) is -0.703. The molecule has 0 unspecified atom stereocenters. The second-order valence-electron chi connectivity index (χ2n) is 34.9. The summed E-state index contributed by atoms with van der Waals surface area (Å²) >= 11 is 0. The Morgan fingerprint density at radius 3 is 0.863 bits per heavy atom. The molecule has 1 aliphatic carbocycles. The van der Waals surface area contributed by atoms with Crippen LogP contribution in [-0.4, -0.2) is 256 Å². The lowest BCUT2D eigenvalue weighted by molar-refractivity contribution is -0.133. The second kappa shape index (κ2) is 47.9. The molecule has 4 aliphatic heterocycles. The number of rotatable bonds is 36. The van der Waals surface area contributed by atoms with Gasteiger partial charge in [0, 0.05) is 182 Å². The summed E-state index contributed by atoms with van der Waals surface area (Å²) in [6, 6.07) is 16.4. The molecule has 8 atom stereocenters. The van der Waals surface area contributed by atoms with Gasteiger partial charge in [0.15, 0.2) is 0 Å². The summed E-state index contributed by atoms with van der Waals surface area (Å²) in [4.78, 5) is 163. The van der Waals surface area contributed by atoms with Gasteiger partial charge in [0.2, 0.25) is 23.6 Å². The quantitative estimate of drug-likeness (QED) is 0.0135. The van der Waals surface area contributed by atoms with E-state index in [1.807, 2.05) is 13.8 Å². The van der Waals surface area contributed by atoms with Gasteiger partial charge in [0.05, 0.1) is 119 Å². The highest BCUT2D eigenvalue weighted by atomic mass is 19.1. The van der Waals surface area contributed by atoms with E-state index in [1.54, 1.807) is 106 Å². The molecule has 12 amide bonds. The first-order valence-electron chi connectivity index (χ1n) is 45.4. The highest BCUT2D eigenvalue weighted by molar-refractivity contribution is 6.37. The molecule has 8 heterocycles. The normalized spacial score (nSPS) is 16.1. The molecule has 139 heavy (non-hydrogen) atoms. The zero-order valence-electron chi connectivity index (χ0n) is 79.3. The van der Waals surface area contributed by atoms with Crippen LogP contribution in [0, 0.1) is 78.7 Å². The number of carbonyl (C=O) groups is 12. The van der Waals surface area contributed by atoms with Crippen LogP contribution in [0.25, 0.3) is 46.6 Å². The lowest BCUT2D eigenvalue weighted by atomic mass is 10.0. The van der Waals surface area contributed by atoms with Crippen molar-refractivity contribution in [1.29, 1.82) is 0 Å². The Hall–Kier alpha value is -14.0. The highest BCUT2D eigenvalue weighted by Crippen LogP contribution is 2.40. The number of hydrogen-bond acceptors (Lipinski definition) is 20. The fourth-order valence-electron chi connectivity index (χ4n) is 16.4. The van der Waals surface area contributed by atoms with Gasteiger partial charge < -0.3 is 124 Å². The van der Waals surface area contributed by atoms with Crippen molar-refractivity contribution in [3.63, 3.8) is 0 Å². The number of nitrogens with zero attached hydrogens (tertiary/aromatic N) is 2. The molecule has 0 spiro atoms. The molecule has 0 radical (unpaired) electrons. The van der Waals surface area contributed by atoms with Gasteiger partial charge in [-0.2, -0.15) is 0 Å². The number of aromatic amines is 4. The molecule has 4 aromatic carbocycles. The van der Waals surface area contributed by atoms with E-state index in [4.69, 9.17) is 0 Å². The SMILES string of the molecule is CCN(CC)C(=O)C[C@H](O)C[C@H](O)CNC(=O)c1c(C)[nH]c(/C=C2\C(=O)Nc3ccc(F)cc32)c1C.CCNC(=O)C[C@H](O)C[C@H](O)CNC(=O)c1c(C)[nH]c(/C=C2\C(=O)Nc3ccc(F)cc32)c1C.Cc1[nH]c(/C=C2\C(=O)Nc3ccc(F)cc32)c(C)c1C(=O)NC[C@@H](O)C[C@@H](O)CC(=O)N(C)C.Cc1[nH]c(/C=C2\C(=O)Nc3ccc(F)cc32)c(C)c1C(=O)NC[C@@H](O)C[C@@H](O)CC(=O)NC1CC1. The lowest BCUT2D eigenvalue weighted by Gasteiger charge is -2.21. The van der Waals surface area contributed by atoms with E-state index in [1.165, 1.54) is 77.7 Å². The number of aryl methyl sites for hydroxylation is 4. The molecule has 4 aromatic heterocycles. The van der Waals surface area contributed by atoms with Crippen LogP contribution in [0.1, 0.15) is 216 Å². The third kappa shape index (κ3) is 28.2. The van der Waals surface area contributed by atoms with Crippen molar-refractivity contribution >= 4 is 140 Å². The molecular formula is C99H120F4N16O20. The number of benzene rings is 4. The van der Waals surface area contributed by atoms with Crippen molar-refractivity contribution in [3.05, 3.63) is 208 Å². The average Bonchev–Trinajstić information content (AvgIpc) is 1.64. The molecule has 8 aromatic rings. The van der Waals surface area contributed by atoms with Gasteiger partial charge in [-0.1, -0.05) is 0 Å². The van der Waals surface area contributed by atoms with Crippen LogP contribution in [-0.2, 0) is 38.4 Å². The van der Waals surface area contributed by atoms with Gasteiger partial charge in [-0.25, -0.2) is 17.6 Å². The van der Waals surface area contributed by atoms with E-state index in [2.05, 4.69) is 73.1 Å². The number of aromatic nitrogens is 4. The first-order valence-corrected chi connectivity index (χ1v) is 45.4. The summed E-state index contributed by atoms with van der Waals surface area (Å²) in [6.45, 7) is 20.3. The van der Waals surface area contributed by atoms with Gasteiger partial charge in [-0.3, -0.25) is 57.5 Å². The maximum atomic E-state index is 13.7. The number of amides is 12. The number of carbonyl (C=O) groups excluding carboxylic acids is 12. The van der Waals surface area contributed by atoms with Gasteiger partial charge in [0.25, 0.3) is 47.3 Å². The van der Waals surface area contributed by atoms with E-state index in [0.29, 0.717) is 155 Å². The van der Waals surface area contributed by atoms with Crippen LogP contribution in [0.15, 0.2) is 72.8 Å². The molecule has 5 aliphatic rings. The van der Waals surface area contributed by atoms with Crippen LogP contribution in [0.5, 0.6) is 0 Å². The van der Waals surface area contributed by atoms with E-state index in [9.17, 15) is 116 Å². The number of nitrogens with one attached hydrogen (secondary N) is 14. The van der Waals surface area contributed by atoms with E-state index in [-0.39, 0.29) is 153 Å². The van der Waals surface area contributed by atoms with Crippen molar-refractivity contribution in [2.75, 3.05) is 81.2 Å². The minimum Gasteiger partial charge on any atom is -0.392 e. The average molecular weight is 1930 g/mol. The Labute approximate surface area is 798 Å². The maximum absolute atomic E-state index is 13.7. The predicted molar refractivity (Wildman–Crippen MR) is 513 cm³/mol. The molecule has 1 fully saturated rings. The molecule has 0 bridgehead atoms. The predicted octanol–water partition coefficient (Wildman–Crippen LogP) is 7.35. The summed E-state index contributed by atoms with van der Waals surface area (Å²) < 4.78 is 54.8. The molecule has 36 nitrogen and oxygen atoms in total. The standard InChI is InChI=1S/C26H33FN4O5.C25H29FN4O5.2C24H29FN4O5/c1-5-31(6-2)23(34)11-17(32)10-18(33)13-28-26(36)24-14(3)22(29-15(24)4)12-20-19-9-16(27)7-8-21(19)30-25(20)35;1-12-21(10-19-18-7-14(26)3-6-20(18)30-24(19)34)28-13(2)23(12)25(35)27-11-17(32)8-16(31)9-22(33)29-15-4-5-15;1-12-20(10-18-17-7-14(25)5-6-19(17)28-23(18)33)27-13(2)22(12)24(34)26-11-16(31)8-15(30)9-21(32)29(3)4;1-4-26-21(32)9-15(30)8-16(31)11-27-24(34)22-12(2)20(28-13(22)3)10-18-17-7-14(25)5-6-19(17)29-23(18)33/h7-9,12,17-18,29,32-33H,5-6,10-11,13H2,1-4H3,(H,28,36)(H,30,35);3,6-7,10,15-17,28,31-32H,4-5,8-9,11H2,1-2H3,(H,27,35)(H,29,33)(H,30,34);5-7,10,15-16,27,30-31H,8-9,11H2,1-4H3,(H,26,34)(H,28,33);5-7,10,15-16,28,30-31H,4,8-9,11H2,1-3H3,(H,26,32)(H,27,34)(H,29,33)/b20-12-;19-10-;2*18-10-/t17-,18+;16-,17+;2*15-,16+/m1111/s1. The summed E-state index contributed by atoms with van der Waals surface area (Å²) in [5, 5.41) is 108. The van der Waals surface area contributed by atoms with Gasteiger partial charge in [0.1, 0.15) is 23.3 Å². The summed E-state index contributed by atoms with van der Waals surface area (Å²) in [5.41, 5.74) is 13.2. The van der Waals surface area contributed by atoms with Crippen molar-refractivity contribution < 1.29 is 116 Å². The summed E-state index contributed by atoms with van der Waals surface area (Å²) in [7, 11) is 3.15. The second-order valence-corrected chi connectivity index (χ2v) is 34.9. The number of fused-ring (bicyclic) bond motifs is 4. The van der Waals surface area contributed by atoms with Gasteiger partial charge in [-0.05, 0) is 208 Å². The van der Waals surface area contributed by atoms with E-state index < -0.39 is 95.7 Å². The van der Waals surface area contributed by atoms with Crippen molar-refractivity contribution in [1.82, 2.24) is 61.6 Å². The number of H-pyrrole nitrogens is 4. The van der Waals surface area contributed by atoms with Gasteiger partial charge in [-0.15, -0.1) is 0 Å². The minimum atomic E-state index is -1.04. The Morgan fingerprint density at radius 1 is 0.367 bits per heavy atom. The monoisotopic (exact) mass is 1930 g/mol. The zero-order valence-corrected chi connectivity index (χ0v) is 79.3. The van der Waals surface area contributed by atoms with E-state index in [0.717, 1.165) is 12.8 Å². The minimum absolute atomic E-state index is 0.0497. The third-order valence-corrected chi connectivity index (χ3v) is 23.8. The van der Waals surface area contributed by atoms with Crippen molar-refractivity contribution in [3.8, 4) is 0 Å². The number of hydrogen-bond donors (Lipinski definition) is 22. The summed E-state index contributed by atoms with van der Waals surface area (Å²) in [5.74, 6) is -6.05. The lowest BCUT2D eigenvalue weighted by Crippen LogP contribution is -2.37. The van der Waals surface area contributed by atoms with Crippen LogP contribution in [0.3, 0.4) is 0 Å². The number of halogens is 4. The first kappa shape index (κ1) is 107. The molecule has 13 rings (SSSR count). The maximum Gasteiger partial charge on any atom is 0.256 e. The van der Waals surface area contributed by atoms with Gasteiger partial charge >= 0.3 is 0 Å². The Balaban J connectivity index is 0.000000191. The largest absolute Gasteiger partial charge is 0.392 e. The Morgan fingerprint density at radius 2 is 0.619 bits per heavy atom. The molecule has 40 heteroatoms. The molecule has 1 saturated carbocycles. The van der Waals surface area contributed by atoms with Crippen LogP contribution >= 0.6 is 0 Å². The van der Waals surface area contributed by atoms with Crippen LogP contribution in [0.4, 0.5) is 40.3 Å². The fraction of sp³-hybridized carbons (Fsp3) is 0.394. The van der Waals surface area contributed by atoms with Crippen LogP contribution < -0.4 is 53.2 Å². The zero-order chi connectivity index (χ0) is 102. The van der Waals surface area contributed by atoms with Crippen LogP contribution in [0.2, 0.25) is 0 Å². The molecule has 744 valence electrons. The smallest absolute Gasteiger partial charge is 0.256 e. The topological polar surface area (TPSA) is 557 Å². The number of anilines is 4. The molecular weight excluding hydrogens is 1810 g/mol. The van der Waals surface area contributed by atoms with Crippen molar-refractivity contribution in [2.24, 2.45) is 0 Å². The molecule has 22 N–H and O–H groups in total. The molecule has 0 saturated heterocycles. The van der Waals surface area contributed by atoms with E-state index >= 15 is 0 Å². The Kier molecular flexibility index (Phi) is 36.8. The Bertz CT molecular complexity index is 6130.